The molecule has 4 aromatic heterocycles. The van der Waals surface area contributed by atoms with E-state index in [0.717, 1.165) is 27.6 Å². The molecule has 0 unspecified atom stereocenters. The number of rotatable bonds is 2. The maximum atomic E-state index is 12.7. The van der Waals surface area contributed by atoms with Crippen LogP contribution in [0.5, 0.6) is 0 Å². The van der Waals surface area contributed by atoms with Crippen LogP contribution in [0.25, 0.3) is 26.7 Å². The van der Waals surface area contributed by atoms with Crippen molar-refractivity contribution in [2.24, 2.45) is 0 Å². The molecule has 0 amide bonds. The minimum absolute atomic E-state index is 0.305. The molecule has 0 aromatic carbocycles. The fraction of sp³-hybridized carbons (Fsp3) is 0.0667. The number of alkyl halides is 3. The Morgan fingerprint density at radius 1 is 1.04 bits per heavy atom. The number of aromatic nitrogens is 5. The Hall–Kier alpha value is -2.81. The van der Waals surface area contributed by atoms with E-state index in [9.17, 15) is 13.2 Å². The molecular weight excluding hydrogens is 339 g/mol. The average molecular weight is 347 g/mol. The quantitative estimate of drug-likeness (QED) is 0.551. The molecule has 0 N–H and O–H groups in total. The van der Waals surface area contributed by atoms with Gasteiger partial charge in [0.05, 0.1) is 11.8 Å². The van der Waals surface area contributed by atoms with Crippen molar-refractivity contribution >= 4 is 21.7 Å². The molecule has 0 saturated heterocycles. The Morgan fingerprint density at radius 3 is 2.62 bits per heavy atom. The van der Waals surface area contributed by atoms with E-state index in [2.05, 4.69) is 20.1 Å². The lowest BCUT2D eigenvalue weighted by atomic mass is 10.3. The molecule has 0 aliphatic rings. The van der Waals surface area contributed by atoms with Crippen LogP contribution in [0.4, 0.5) is 13.2 Å². The first kappa shape index (κ1) is 14.8. The van der Waals surface area contributed by atoms with E-state index >= 15 is 0 Å². The Balaban J connectivity index is 1.75. The van der Waals surface area contributed by atoms with Gasteiger partial charge in [0.25, 0.3) is 0 Å². The zero-order valence-corrected chi connectivity index (χ0v) is 12.7. The highest BCUT2D eigenvalue weighted by atomic mass is 32.1. The van der Waals surface area contributed by atoms with E-state index in [-0.39, 0.29) is 0 Å². The number of pyridine rings is 2. The molecule has 0 bridgehead atoms. The average Bonchev–Trinajstić information content (AvgIpc) is 3.21. The van der Waals surface area contributed by atoms with Crippen molar-refractivity contribution in [1.29, 1.82) is 0 Å². The van der Waals surface area contributed by atoms with Crippen molar-refractivity contribution in [2.75, 3.05) is 0 Å². The predicted octanol–water partition coefficient (Wildman–Crippen LogP) is 3.96. The van der Waals surface area contributed by atoms with E-state index in [1.54, 1.807) is 24.5 Å². The summed E-state index contributed by atoms with van der Waals surface area (Å²) >= 11 is 1.35. The first-order valence-corrected chi connectivity index (χ1v) is 7.62. The van der Waals surface area contributed by atoms with Gasteiger partial charge in [-0.15, -0.1) is 0 Å². The topological polar surface area (TPSA) is 56.5 Å². The number of nitrogens with zero attached hydrogens (tertiary/aromatic N) is 5. The van der Waals surface area contributed by atoms with Crippen molar-refractivity contribution in [3.05, 3.63) is 54.6 Å². The molecule has 9 heteroatoms. The molecule has 4 heterocycles. The summed E-state index contributed by atoms with van der Waals surface area (Å²) < 4.78 is 39.1. The van der Waals surface area contributed by atoms with Gasteiger partial charge in [0, 0.05) is 24.2 Å². The van der Waals surface area contributed by atoms with Crippen LogP contribution >= 0.6 is 11.3 Å². The zero-order chi connectivity index (χ0) is 16.7. The first-order valence-electron chi connectivity index (χ1n) is 6.81. The van der Waals surface area contributed by atoms with Gasteiger partial charge in [-0.05, 0) is 24.3 Å². The molecule has 120 valence electrons. The number of thiazole rings is 1. The van der Waals surface area contributed by atoms with Crippen LogP contribution in [0.1, 0.15) is 5.56 Å². The van der Waals surface area contributed by atoms with Gasteiger partial charge >= 0.3 is 6.18 Å². The third kappa shape index (κ3) is 2.62. The van der Waals surface area contributed by atoms with Crippen molar-refractivity contribution < 1.29 is 13.2 Å². The Bertz CT molecular complexity index is 1010. The number of halogens is 3. The normalized spacial score (nSPS) is 12.0. The molecular formula is C15H8F3N5S. The number of hydrogen-bond donors (Lipinski definition) is 0. The summed E-state index contributed by atoms with van der Waals surface area (Å²) in [7, 11) is 0. The van der Waals surface area contributed by atoms with Gasteiger partial charge in [-0.25, -0.2) is 14.6 Å². The minimum Gasteiger partial charge on any atom is -0.264 e. The highest BCUT2D eigenvalue weighted by molar-refractivity contribution is 7.21. The maximum Gasteiger partial charge on any atom is 0.419 e. The second kappa shape index (κ2) is 5.38. The highest BCUT2D eigenvalue weighted by Gasteiger charge is 2.32. The summed E-state index contributed by atoms with van der Waals surface area (Å²) in [6.45, 7) is 0. The molecule has 0 spiro atoms. The third-order valence-corrected chi connectivity index (χ3v) is 4.31. The summed E-state index contributed by atoms with van der Waals surface area (Å²) in [5, 5.41) is 4.48. The fourth-order valence-corrected chi connectivity index (χ4v) is 3.07. The molecule has 4 rings (SSSR count). The van der Waals surface area contributed by atoms with Gasteiger partial charge in [-0.1, -0.05) is 11.3 Å². The molecule has 0 fully saturated rings. The summed E-state index contributed by atoms with van der Waals surface area (Å²) in [6, 6.07) is 6.99. The molecule has 0 radical (unpaired) electrons. The van der Waals surface area contributed by atoms with E-state index in [1.165, 1.54) is 11.3 Å². The number of hydrogen-bond acceptors (Lipinski definition) is 5. The van der Waals surface area contributed by atoms with Gasteiger partial charge in [-0.3, -0.25) is 4.98 Å². The van der Waals surface area contributed by atoms with Gasteiger partial charge in [-0.2, -0.15) is 18.3 Å². The highest BCUT2D eigenvalue weighted by Crippen LogP contribution is 2.31. The number of fused-ring (bicyclic) bond motifs is 1. The van der Waals surface area contributed by atoms with Crippen LogP contribution in [-0.4, -0.2) is 24.7 Å². The summed E-state index contributed by atoms with van der Waals surface area (Å²) in [4.78, 5) is 13.5. The largest absolute Gasteiger partial charge is 0.419 e. The van der Waals surface area contributed by atoms with Crippen molar-refractivity contribution in [1.82, 2.24) is 24.7 Å². The summed E-state index contributed by atoms with van der Waals surface area (Å²) in [5.41, 5.74) is 0.719. The van der Waals surface area contributed by atoms with Crippen LogP contribution in [0.15, 0.2) is 49.1 Å². The molecule has 0 saturated carbocycles. The smallest absolute Gasteiger partial charge is 0.264 e. The lowest BCUT2D eigenvalue weighted by Crippen LogP contribution is -2.03. The van der Waals surface area contributed by atoms with Gasteiger partial charge < -0.3 is 0 Å². The third-order valence-electron chi connectivity index (χ3n) is 3.29. The van der Waals surface area contributed by atoms with Crippen LogP contribution in [0, 0.1) is 0 Å². The van der Waals surface area contributed by atoms with Gasteiger partial charge in [0.2, 0.25) is 0 Å². The maximum absolute atomic E-state index is 12.7. The van der Waals surface area contributed by atoms with E-state index < -0.39 is 11.7 Å². The minimum atomic E-state index is -4.43. The predicted molar refractivity (Wildman–Crippen MR) is 82.8 cm³/mol. The molecule has 5 nitrogen and oxygen atoms in total. The fourth-order valence-electron chi connectivity index (χ4n) is 2.14. The monoisotopic (exact) mass is 347 g/mol. The van der Waals surface area contributed by atoms with Crippen molar-refractivity contribution in [3.8, 4) is 16.4 Å². The Labute approximate surface area is 137 Å². The lowest BCUT2D eigenvalue weighted by Gasteiger charge is -2.01. The summed E-state index contributed by atoms with van der Waals surface area (Å²) in [6.07, 6.45) is 0.627. The van der Waals surface area contributed by atoms with E-state index in [4.69, 9.17) is 0 Å². The van der Waals surface area contributed by atoms with Crippen LogP contribution in [0.2, 0.25) is 0 Å². The molecule has 4 aromatic rings. The van der Waals surface area contributed by atoms with Gasteiger partial charge in [0.15, 0.2) is 5.82 Å². The first-order chi connectivity index (χ1) is 11.5. The van der Waals surface area contributed by atoms with Gasteiger partial charge in [0.1, 0.15) is 15.4 Å². The van der Waals surface area contributed by atoms with E-state index in [0.29, 0.717) is 16.2 Å². The standard InChI is InChI=1S/C15H8F3N5S/c16-15(17,18)10-7-20-23(8-10)12-4-3-11-14(22-12)24-13(21-11)9-2-1-5-19-6-9/h1-8H. The van der Waals surface area contributed by atoms with Crippen molar-refractivity contribution in [2.45, 2.75) is 6.18 Å². The zero-order valence-electron chi connectivity index (χ0n) is 11.9. The second-order valence-electron chi connectivity index (χ2n) is 4.93. The molecule has 0 atom stereocenters. The van der Waals surface area contributed by atoms with E-state index in [1.807, 2.05) is 12.1 Å². The molecule has 0 aliphatic carbocycles. The SMILES string of the molecule is FC(F)(F)c1cnn(-c2ccc3nc(-c4cccnc4)sc3n2)c1. The van der Waals surface area contributed by atoms with Crippen LogP contribution in [0.3, 0.4) is 0 Å². The van der Waals surface area contributed by atoms with Crippen LogP contribution < -0.4 is 0 Å². The van der Waals surface area contributed by atoms with Crippen LogP contribution in [-0.2, 0) is 6.18 Å². The molecule has 0 aliphatic heterocycles. The molecule has 24 heavy (non-hydrogen) atoms. The van der Waals surface area contributed by atoms with Crippen molar-refractivity contribution in [3.63, 3.8) is 0 Å². The Morgan fingerprint density at radius 2 is 1.92 bits per heavy atom. The second-order valence-corrected chi connectivity index (χ2v) is 5.90. The lowest BCUT2D eigenvalue weighted by molar-refractivity contribution is -0.137. The Kier molecular flexibility index (Phi) is 3.31. The summed E-state index contributed by atoms with van der Waals surface area (Å²) in [5.74, 6) is 0.305.